The summed E-state index contributed by atoms with van der Waals surface area (Å²) in [5.74, 6) is -1.57. The molecule has 0 aliphatic heterocycles. The summed E-state index contributed by atoms with van der Waals surface area (Å²) in [6.45, 7) is 4.95. The normalized spacial score (nSPS) is 19.7. The van der Waals surface area contributed by atoms with E-state index in [4.69, 9.17) is 28.9 Å². The van der Waals surface area contributed by atoms with Crippen molar-refractivity contribution >= 4 is 51.8 Å². The lowest BCUT2D eigenvalue weighted by Crippen LogP contribution is -2.64. The maximum Gasteiger partial charge on any atom is 0.246 e. The fourth-order valence-corrected chi connectivity index (χ4v) is 4.55. The van der Waals surface area contributed by atoms with Crippen LogP contribution in [0.2, 0.25) is 10.0 Å². The second-order valence-corrected chi connectivity index (χ2v) is 8.77. The van der Waals surface area contributed by atoms with Gasteiger partial charge in [0.15, 0.2) is 0 Å². The van der Waals surface area contributed by atoms with E-state index in [0.717, 1.165) is 22.2 Å². The van der Waals surface area contributed by atoms with Crippen LogP contribution in [-0.2, 0) is 27.2 Å². The molecule has 3 amide bonds. The number of rotatable bonds is 5. The molecule has 5 N–H and O–H groups in total. The van der Waals surface area contributed by atoms with Gasteiger partial charge >= 0.3 is 0 Å². The minimum absolute atomic E-state index is 0.185. The van der Waals surface area contributed by atoms with Crippen molar-refractivity contribution in [1.82, 2.24) is 15.6 Å². The molecule has 1 heterocycles. The fourth-order valence-electron chi connectivity index (χ4n) is 4.01. The molecule has 156 valence electrons. The Morgan fingerprint density at radius 1 is 1.24 bits per heavy atom. The minimum Gasteiger partial charge on any atom is -0.368 e. The van der Waals surface area contributed by atoms with Crippen LogP contribution in [0.1, 0.15) is 38.4 Å². The van der Waals surface area contributed by atoms with Gasteiger partial charge in [-0.15, -0.1) is 0 Å². The first-order valence-corrected chi connectivity index (χ1v) is 10.2. The fraction of sp³-hybridized carbons (Fsp3) is 0.450. The lowest BCUT2D eigenvalue weighted by Gasteiger charge is -2.37. The number of hydrogen-bond donors (Lipinski definition) is 4. The summed E-state index contributed by atoms with van der Waals surface area (Å²) < 4.78 is 0. The highest BCUT2D eigenvalue weighted by Gasteiger charge is 2.44. The van der Waals surface area contributed by atoms with Crippen LogP contribution >= 0.6 is 23.2 Å². The zero-order valence-electron chi connectivity index (χ0n) is 16.5. The van der Waals surface area contributed by atoms with E-state index in [1.807, 2.05) is 0 Å². The SMILES string of the molecule is CC(=O)N[C@]1(C(=O)N[C@H](C(N)=O)C(C)C)CCc2[nH]c3c(Cl)cc(Cl)cc3c2C1. The van der Waals surface area contributed by atoms with Crippen molar-refractivity contribution in [2.24, 2.45) is 11.7 Å². The monoisotopic (exact) mass is 438 g/mol. The molecular weight excluding hydrogens is 415 g/mol. The number of amides is 3. The average molecular weight is 439 g/mol. The van der Waals surface area contributed by atoms with E-state index in [-0.39, 0.29) is 18.2 Å². The van der Waals surface area contributed by atoms with Gasteiger partial charge < -0.3 is 21.4 Å². The highest BCUT2D eigenvalue weighted by molar-refractivity contribution is 6.38. The maximum atomic E-state index is 13.3. The van der Waals surface area contributed by atoms with Gasteiger partial charge in [-0.25, -0.2) is 0 Å². The highest BCUT2D eigenvalue weighted by atomic mass is 35.5. The molecule has 0 saturated carbocycles. The number of aryl methyl sites for hydroxylation is 1. The lowest BCUT2D eigenvalue weighted by molar-refractivity contribution is -0.136. The molecule has 0 spiro atoms. The van der Waals surface area contributed by atoms with E-state index < -0.39 is 23.4 Å². The van der Waals surface area contributed by atoms with Crippen molar-refractivity contribution in [1.29, 1.82) is 0 Å². The number of fused-ring (bicyclic) bond motifs is 3. The summed E-state index contributed by atoms with van der Waals surface area (Å²) >= 11 is 12.5. The van der Waals surface area contributed by atoms with E-state index in [1.165, 1.54) is 6.92 Å². The number of halogens is 2. The van der Waals surface area contributed by atoms with Crippen molar-refractivity contribution in [2.45, 2.75) is 51.6 Å². The Bertz CT molecular complexity index is 1000. The highest BCUT2D eigenvalue weighted by Crippen LogP contribution is 2.38. The van der Waals surface area contributed by atoms with Crippen LogP contribution in [0.3, 0.4) is 0 Å². The minimum atomic E-state index is -1.20. The number of H-pyrrole nitrogens is 1. The number of hydrogen-bond acceptors (Lipinski definition) is 3. The molecule has 7 nitrogen and oxygen atoms in total. The van der Waals surface area contributed by atoms with Crippen LogP contribution < -0.4 is 16.4 Å². The number of carbonyl (C=O) groups excluding carboxylic acids is 3. The number of nitrogens with one attached hydrogen (secondary N) is 3. The van der Waals surface area contributed by atoms with Gasteiger partial charge in [0.2, 0.25) is 17.7 Å². The first-order chi connectivity index (χ1) is 13.5. The molecule has 2 aromatic rings. The smallest absolute Gasteiger partial charge is 0.246 e. The van der Waals surface area contributed by atoms with Crippen molar-refractivity contribution < 1.29 is 14.4 Å². The summed E-state index contributed by atoms with van der Waals surface area (Å²) in [5, 5.41) is 7.34. The molecule has 0 unspecified atom stereocenters. The van der Waals surface area contributed by atoms with Gasteiger partial charge in [-0.2, -0.15) is 0 Å². The summed E-state index contributed by atoms with van der Waals surface area (Å²) in [6, 6.07) is 2.61. The van der Waals surface area contributed by atoms with Gasteiger partial charge in [0.1, 0.15) is 11.6 Å². The van der Waals surface area contributed by atoms with Crippen LogP contribution in [0.25, 0.3) is 10.9 Å². The third-order valence-corrected chi connectivity index (χ3v) is 5.93. The Kier molecular flexibility index (Phi) is 5.83. The Balaban J connectivity index is 2.04. The van der Waals surface area contributed by atoms with Crippen molar-refractivity contribution in [2.75, 3.05) is 0 Å². The largest absolute Gasteiger partial charge is 0.368 e. The summed E-state index contributed by atoms with van der Waals surface area (Å²) in [6.07, 6.45) is 1.13. The first-order valence-electron chi connectivity index (χ1n) is 9.41. The lowest BCUT2D eigenvalue weighted by atomic mass is 9.78. The van der Waals surface area contributed by atoms with E-state index in [0.29, 0.717) is 22.9 Å². The molecule has 1 aliphatic carbocycles. The quantitative estimate of drug-likeness (QED) is 0.573. The van der Waals surface area contributed by atoms with Crippen LogP contribution in [0, 0.1) is 5.92 Å². The van der Waals surface area contributed by atoms with E-state index in [9.17, 15) is 14.4 Å². The van der Waals surface area contributed by atoms with Crippen molar-refractivity contribution in [3.8, 4) is 0 Å². The predicted octanol–water partition coefficient (Wildman–Crippen LogP) is 2.46. The van der Waals surface area contributed by atoms with Crippen LogP contribution in [0.5, 0.6) is 0 Å². The molecule has 0 radical (unpaired) electrons. The zero-order chi connectivity index (χ0) is 21.5. The topological polar surface area (TPSA) is 117 Å². The Hall–Kier alpha value is -2.25. The predicted molar refractivity (Wildman–Crippen MR) is 113 cm³/mol. The second kappa shape index (κ2) is 7.88. The molecule has 0 bridgehead atoms. The third kappa shape index (κ3) is 4.07. The van der Waals surface area contributed by atoms with Gasteiger partial charge in [0, 0.05) is 29.4 Å². The Morgan fingerprint density at radius 3 is 2.52 bits per heavy atom. The molecule has 1 aromatic heterocycles. The maximum absolute atomic E-state index is 13.3. The van der Waals surface area contributed by atoms with Gasteiger partial charge in [0.05, 0.1) is 10.5 Å². The average Bonchev–Trinajstić information content (AvgIpc) is 2.96. The standard InChI is InChI=1S/C20H24Cl2N4O3/c1-9(2)16(18(23)28)25-19(29)20(26-10(3)27)5-4-15-13(8-20)12-6-11(21)7-14(22)17(12)24-15/h6-7,9,16,24H,4-5,8H2,1-3H3,(H2,23,28)(H,25,29)(H,26,27)/t16-,20+/m0/s1. The number of carbonyl (C=O) groups is 3. The number of nitrogens with two attached hydrogens (primary N) is 1. The molecule has 1 aliphatic rings. The van der Waals surface area contributed by atoms with Gasteiger partial charge in [-0.05, 0) is 36.5 Å². The van der Waals surface area contributed by atoms with E-state index in [1.54, 1.807) is 26.0 Å². The van der Waals surface area contributed by atoms with Crippen molar-refractivity contribution in [3.05, 3.63) is 33.4 Å². The zero-order valence-corrected chi connectivity index (χ0v) is 18.0. The molecule has 1 aromatic carbocycles. The number of aromatic amines is 1. The molecule has 29 heavy (non-hydrogen) atoms. The molecular formula is C20H24Cl2N4O3. The van der Waals surface area contributed by atoms with Crippen molar-refractivity contribution in [3.63, 3.8) is 0 Å². The Labute approximate surface area is 178 Å². The van der Waals surface area contributed by atoms with E-state index in [2.05, 4.69) is 15.6 Å². The molecule has 0 fully saturated rings. The first kappa shape index (κ1) is 21.5. The van der Waals surface area contributed by atoms with Crippen LogP contribution in [-0.4, -0.2) is 34.3 Å². The number of aromatic nitrogens is 1. The van der Waals surface area contributed by atoms with Gasteiger partial charge in [-0.3, -0.25) is 14.4 Å². The van der Waals surface area contributed by atoms with E-state index >= 15 is 0 Å². The summed E-state index contributed by atoms with van der Waals surface area (Å²) in [7, 11) is 0. The molecule has 3 rings (SSSR count). The second-order valence-electron chi connectivity index (χ2n) is 7.93. The van der Waals surface area contributed by atoms with Crippen LogP contribution in [0.15, 0.2) is 12.1 Å². The van der Waals surface area contributed by atoms with Gasteiger partial charge in [-0.1, -0.05) is 37.0 Å². The van der Waals surface area contributed by atoms with Crippen LogP contribution in [0.4, 0.5) is 0 Å². The third-order valence-electron chi connectivity index (χ3n) is 5.41. The molecule has 9 heteroatoms. The molecule has 0 saturated heterocycles. The summed E-state index contributed by atoms with van der Waals surface area (Å²) in [5.41, 5.74) is 6.82. The molecule has 2 atom stereocenters. The van der Waals surface area contributed by atoms with Gasteiger partial charge in [0.25, 0.3) is 0 Å². The number of primary amides is 1. The Morgan fingerprint density at radius 2 is 1.93 bits per heavy atom. The number of benzene rings is 1. The summed E-state index contributed by atoms with van der Waals surface area (Å²) in [4.78, 5) is 40.3.